The average Bonchev–Trinajstić information content (AvgIpc) is 3.11. The number of nitrogens with one attached hydrogen (secondary N) is 1. The van der Waals surface area contributed by atoms with Crippen molar-refractivity contribution in [1.29, 1.82) is 0 Å². The number of ether oxygens (including phenoxy) is 3. The number of amides is 1. The van der Waals surface area contributed by atoms with Gasteiger partial charge in [-0.1, -0.05) is 19.9 Å². The molecule has 2 aliphatic carbocycles. The van der Waals surface area contributed by atoms with Gasteiger partial charge in [0.1, 0.15) is 11.6 Å². The Labute approximate surface area is 206 Å². The molecule has 4 aliphatic rings. The lowest BCUT2D eigenvalue weighted by Crippen LogP contribution is -2.65. The topological polar surface area (TPSA) is 94.2 Å². The molecule has 5 rings (SSSR count). The number of rotatable bonds is 4. The monoisotopic (exact) mass is 484 g/mol. The van der Waals surface area contributed by atoms with E-state index < -0.39 is 29.8 Å². The second kappa shape index (κ2) is 8.22. The summed E-state index contributed by atoms with van der Waals surface area (Å²) < 4.78 is 17.6. The van der Waals surface area contributed by atoms with E-state index in [1.54, 1.807) is 26.8 Å². The van der Waals surface area contributed by atoms with Gasteiger partial charge in [-0.3, -0.25) is 4.79 Å². The summed E-state index contributed by atoms with van der Waals surface area (Å²) in [4.78, 5) is 41.0. The number of piperidine rings is 1. The van der Waals surface area contributed by atoms with Crippen LogP contribution in [0.1, 0.15) is 65.0 Å². The molecule has 0 radical (unpaired) electrons. The van der Waals surface area contributed by atoms with Gasteiger partial charge in [-0.2, -0.15) is 0 Å². The van der Waals surface area contributed by atoms with Crippen LogP contribution in [0.25, 0.3) is 0 Å². The molecule has 1 aromatic carbocycles. The Morgan fingerprint density at radius 1 is 1.26 bits per heavy atom. The van der Waals surface area contributed by atoms with E-state index in [1.165, 1.54) is 5.56 Å². The van der Waals surface area contributed by atoms with Gasteiger partial charge in [-0.25, -0.2) is 9.59 Å². The zero-order chi connectivity index (χ0) is 25.3. The third kappa shape index (κ3) is 3.81. The van der Waals surface area contributed by atoms with Crippen molar-refractivity contribution in [2.75, 3.05) is 13.6 Å². The van der Waals surface area contributed by atoms with E-state index in [9.17, 15) is 14.4 Å². The van der Waals surface area contributed by atoms with Crippen LogP contribution in [0.5, 0.6) is 11.5 Å². The standard InChI is InChI=1S/C27H36N2O6/c1-14(2)21(24(31)35-26(3,4)5)28-25(32)33-19-10-7-15-13-17-16-8-9-18(30)23-27(16,11-12-29(17)6)20(15)22(19)34-23/h7,10,14,16-17,21,23H,8-9,11-13H2,1-6H3,(H,28,32)/t16?,17-,21-,23+,27+/m1/s1. The molecule has 35 heavy (non-hydrogen) atoms. The molecule has 2 bridgehead atoms. The number of esters is 1. The molecule has 1 saturated carbocycles. The Morgan fingerprint density at radius 2 is 2.00 bits per heavy atom. The van der Waals surface area contributed by atoms with Gasteiger partial charge in [0.25, 0.3) is 0 Å². The van der Waals surface area contributed by atoms with Crippen LogP contribution in [0.2, 0.25) is 0 Å². The molecule has 8 heteroatoms. The van der Waals surface area contributed by atoms with E-state index in [4.69, 9.17) is 14.2 Å². The van der Waals surface area contributed by atoms with Gasteiger partial charge in [-0.15, -0.1) is 0 Å². The Morgan fingerprint density at radius 3 is 2.69 bits per heavy atom. The number of nitrogens with zero attached hydrogens (tertiary/aromatic N) is 1. The largest absolute Gasteiger partial charge is 0.477 e. The molecule has 2 fully saturated rings. The molecule has 190 valence electrons. The first-order valence-electron chi connectivity index (χ1n) is 12.7. The predicted molar refractivity (Wildman–Crippen MR) is 129 cm³/mol. The van der Waals surface area contributed by atoms with Crippen molar-refractivity contribution < 1.29 is 28.6 Å². The fourth-order valence-corrected chi connectivity index (χ4v) is 6.71. The van der Waals surface area contributed by atoms with E-state index in [2.05, 4.69) is 17.3 Å². The second-order valence-corrected chi connectivity index (χ2v) is 11.9. The van der Waals surface area contributed by atoms with Gasteiger partial charge in [0, 0.05) is 23.4 Å². The lowest BCUT2D eigenvalue weighted by Gasteiger charge is -2.57. The number of carbonyl (C=O) groups is 3. The molecule has 1 spiro atoms. The first-order valence-corrected chi connectivity index (χ1v) is 12.7. The van der Waals surface area contributed by atoms with Crippen LogP contribution < -0.4 is 14.8 Å². The highest BCUT2D eigenvalue weighted by Gasteiger charge is 2.65. The smallest absolute Gasteiger partial charge is 0.413 e. The van der Waals surface area contributed by atoms with Crippen LogP contribution in [0, 0.1) is 11.8 Å². The van der Waals surface area contributed by atoms with Crippen molar-refractivity contribution in [2.24, 2.45) is 11.8 Å². The van der Waals surface area contributed by atoms with Crippen molar-refractivity contribution in [3.63, 3.8) is 0 Å². The fraction of sp³-hybridized carbons (Fsp3) is 0.667. The van der Waals surface area contributed by atoms with Crippen LogP contribution in [-0.4, -0.2) is 60.1 Å². The van der Waals surface area contributed by atoms with Crippen molar-refractivity contribution >= 4 is 17.8 Å². The quantitative estimate of drug-likeness (QED) is 0.655. The fourth-order valence-electron chi connectivity index (χ4n) is 6.71. The molecule has 5 atom stereocenters. The van der Waals surface area contributed by atoms with Crippen molar-refractivity contribution in [2.45, 2.75) is 89.5 Å². The molecular weight excluding hydrogens is 448 g/mol. The number of likely N-dealkylation sites (N-methyl/N-ethyl adjacent to an activating group) is 1. The van der Waals surface area contributed by atoms with E-state index in [0.717, 1.165) is 31.4 Å². The molecule has 1 saturated heterocycles. The third-order valence-electron chi connectivity index (χ3n) is 8.17. The minimum absolute atomic E-state index is 0.133. The zero-order valence-corrected chi connectivity index (χ0v) is 21.5. The van der Waals surface area contributed by atoms with Gasteiger partial charge in [-0.05, 0) is 77.1 Å². The maximum Gasteiger partial charge on any atom is 0.413 e. The number of hydrogen-bond donors (Lipinski definition) is 1. The Hall–Kier alpha value is -2.61. The highest BCUT2D eigenvalue weighted by atomic mass is 16.6. The summed E-state index contributed by atoms with van der Waals surface area (Å²) in [5.41, 5.74) is 1.22. The molecule has 2 heterocycles. The van der Waals surface area contributed by atoms with Crippen LogP contribution in [0.15, 0.2) is 12.1 Å². The highest BCUT2D eigenvalue weighted by Crippen LogP contribution is 2.63. The number of ketones is 1. The molecule has 1 N–H and O–H groups in total. The van der Waals surface area contributed by atoms with Crippen LogP contribution in [0.3, 0.4) is 0 Å². The van der Waals surface area contributed by atoms with Gasteiger partial charge in [0.15, 0.2) is 23.4 Å². The summed E-state index contributed by atoms with van der Waals surface area (Å²) in [5.74, 6) is 0.591. The SMILES string of the molecule is CC(C)[C@@H](NC(=O)Oc1ccc2c3c1O[C@H]1C(=O)CCC4[C@@H](C2)N(C)CC[C@@]341)C(=O)OC(C)(C)C. The van der Waals surface area contributed by atoms with Crippen molar-refractivity contribution in [1.82, 2.24) is 10.2 Å². The number of hydrogen-bond acceptors (Lipinski definition) is 7. The second-order valence-electron chi connectivity index (χ2n) is 11.9. The van der Waals surface area contributed by atoms with Crippen LogP contribution in [0.4, 0.5) is 4.79 Å². The summed E-state index contributed by atoms with van der Waals surface area (Å²) in [6, 6.07) is 3.29. The molecule has 2 aliphatic heterocycles. The lowest BCUT2D eigenvalue weighted by atomic mass is 9.52. The average molecular weight is 485 g/mol. The first kappa shape index (κ1) is 24.1. The Kier molecular flexibility index (Phi) is 5.66. The van der Waals surface area contributed by atoms with Gasteiger partial charge in [0.05, 0.1) is 0 Å². The lowest BCUT2D eigenvalue weighted by molar-refractivity contribution is -0.158. The molecule has 1 amide bonds. The molecular formula is C27H36N2O6. The number of likely N-dealkylation sites (tertiary alicyclic amines) is 1. The van der Waals surface area contributed by atoms with Crippen LogP contribution >= 0.6 is 0 Å². The Balaban J connectivity index is 1.44. The third-order valence-corrected chi connectivity index (χ3v) is 8.17. The number of benzene rings is 1. The number of Topliss-reactive ketones (excluding diaryl/α,β-unsaturated/α-hetero) is 1. The maximum atomic E-state index is 13.0. The van der Waals surface area contributed by atoms with E-state index in [-0.39, 0.29) is 17.1 Å². The minimum Gasteiger partial charge on any atom is -0.477 e. The van der Waals surface area contributed by atoms with E-state index >= 15 is 0 Å². The Bertz CT molecular complexity index is 1080. The highest BCUT2D eigenvalue weighted by molar-refractivity contribution is 5.89. The van der Waals surface area contributed by atoms with E-state index in [1.807, 2.05) is 19.9 Å². The van der Waals surface area contributed by atoms with E-state index in [0.29, 0.717) is 29.9 Å². The zero-order valence-electron chi connectivity index (χ0n) is 21.5. The normalized spacial score (nSPS) is 29.8. The van der Waals surface area contributed by atoms with Crippen molar-refractivity contribution in [3.05, 3.63) is 23.3 Å². The molecule has 8 nitrogen and oxygen atoms in total. The van der Waals surface area contributed by atoms with Gasteiger partial charge in [0.2, 0.25) is 0 Å². The molecule has 0 aromatic heterocycles. The summed E-state index contributed by atoms with van der Waals surface area (Å²) >= 11 is 0. The minimum atomic E-state index is -0.851. The summed E-state index contributed by atoms with van der Waals surface area (Å²) in [7, 11) is 2.17. The molecule has 1 unspecified atom stereocenters. The van der Waals surface area contributed by atoms with Crippen LogP contribution in [-0.2, 0) is 26.2 Å². The van der Waals surface area contributed by atoms with Gasteiger partial charge < -0.3 is 24.4 Å². The van der Waals surface area contributed by atoms with Gasteiger partial charge >= 0.3 is 12.1 Å². The van der Waals surface area contributed by atoms with Crippen molar-refractivity contribution in [3.8, 4) is 11.5 Å². The summed E-state index contributed by atoms with van der Waals surface area (Å²) in [6.45, 7) is 9.94. The maximum absolute atomic E-state index is 13.0. The summed E-state index contributed by atoms with van der Waals surface area (Å²) in [5, 5.41) is 2.67. The number of carbonyl (C=O) groups excluding carboxylic acids is 3. The summed E-state index contributed by atoms with van der Waals surface area (Å²) in [6.07, 6.45) is 1.87. The predicted octanol–water partition coefficient (Wildman–Crippen LogP) is 3.38. The first-order chi connectivity index (χ1) is 16.4. The molecule has 1 aromatic rings.